The number of aryl methyl sites for hydroxylation is 4. The summed E-state index contributed by atoms with van der Waals surface area (Å²) in [6.07, 6.45) is 7.96. The van der Waals surface area contributed by atoms with Crippen LogP contribution in [0.15, 0.2) is 94.4 Å². The van der Waals surface area contributed by atoms with Gasteiger partial charge in [0.1, 0.15) is 23.9 Å². The number of phenolic OH excluding ortho intramolecular Hbond substituents is 1. The molecule has 6 aromatic rings. The van der Waals surface area contributed by atoms with Crippen molar-refractivity contribution in [2.75, 3.05) is 14.2 Å². The molecular weight excluding hydrogens is 792 g/mol. The second-order valence-corrected chi connectivity index (χ2v) is 15.2. The van der Waals surface area contributed by atoms with Gasteiger partial charge in [-0.15, -0.1) is 0 Å². The van der Waals surface area contributed by atoms with Gasteiger partial charge in [-0.05, 0) is 87.4 Å². The molecule has 6 rings (SSSR count). The van der Waals surface area contributed by atoms with Gasteiger partial charge in [-0.25, -0.2) is 9.97 Å². The molecular formula is C44H49BrN4O8. The SMILES string of the molecule is CC(C)Br.COc1ccc(-c2nc(CCC(=O)c3ncccc3C)co2)cc1O.COc1ccc(-c2nc(CCC(=O)c3ncccc3C)co2)cc1OC(C)C. The molecule has 0 atom stereocenters. The molecule has 0 radical (unpaired) electrons. The number of oxazole rings is 2. The van der Waals surface area contributed by atoms with E-state index in [9.17, 15) is 14.7 Å². The van der Waals surface area contributed by atoms with Gasteiger partial charge in [-0.2, -0.15) is 0 Å². The minimum absolute atomic E-state index is 0.000262. The number of Topliss-reactive ketones (excluding diaryl/α,β-unsaturated/α-hetero) is 2. The third kappa shape index (κ3) is 13.1. The molecule has 0 spiro atoms. The summed E-state index contributed by atoms with van der Waals surface area (Å²) in [5, 5.41) is 9.84. The molecule has 0 bridgehead atoms. The number of ketones is 2. The molecule has 0 amide bonds. The minimum Gasteiger partial charge on any atom is -0.504 e. The highest BCUT2D eigenvalue weighted by Crippen LogP contribution is 2.33. The van der Waals surface area contributed by atoms with E-state index in [0.717, 1.165) is 22.4 Å². The number of carbonyl (C=O) groups is 2. The van der Waals surface area contributed by atoms with Crippen LogP contribution < -0.4 is 14.2 Å². The minimum atomic E-state index is -0.0234. The average Bonchev–Trinajstić information content (AvgIpc) is 3.87. The average molecular weight is 842 g/mol. The number of aromatic nitrogens is 4. The van der Waals surface area contributed by atoms with Gasteiger partial charge in [0.2, 0.25) is 11.8 Å². The molecule has 2 aromatic carbocycles. The molecule has 0 unspecified atom stereocenters. The number of hydrogen-bond acceptors (Lipinski definition) is 12. The van der Waals surface area contributed by atoms with Crippen molar-refractivity contribution in [2.45, 2.75) is 78.2 Å². The third-order valence-electron chi connectivity index (χ3n) is 8.07. The number of aromatic hydroxyl groups is 1. The smallest absolute Gasteiger partial charge is 0.226 e. The summed E-state index contributed by atoms with van der Waals surface area (Å²) in [5.74, 6) is 2.52. The molecule has 0 aliphatic rings. The molecule has 13 heteroatoms. The van der Waals surface area contributed by atoms with Crippen molar-refractivity contribution >= 4 is 27.5 Å². The van der Waals surface area contributed by atoms with Gasteiger partial charge in [-0.1, -0.05) is 41.9 Å². The van der Waals surface area contributed by atoms with Crippen LogP contribution in [-0.4, -0.2) is 61.8 Å². The zero-order valence-corrected chi connectivity index (χ0v) is 35.1. The number of methoxy groups -OCH3 is 2. The lowest BCUT2D eigenvalue weighted by molar-refractivity contribution is 0.0969. The second-order valence-electron chi connectivity index (χ2n) is 13.4. The van der Waals surface area contributed by atoms with Gasteiger partial charge in [0, 0.05) is 54.0 Å². The Labute approximate surface area is 341 Å². The first-order valence-corrected chi connectivity index (χ1v) is 19.4. The van der Waals surface area contributed by atoms with E-state index in [4.69, 9.17) is 23.0 Å². The van der Waals surface area contributed by atoms with Crippen LogP contribution in [0, 0.1) is 13.8 Å². The van der Waals surface area contributed by atoms with E-state index in [-0.39, 0.29) is 23.4 Å². The number of halogens is 1. The standard InChI is InChI=1S/C22H24N2O4.C19H18N2O4.C3H7Br/c1-14(2)28-20-12-16(7-10-19(20)26-4)22-24-17(13-27-22)8-9-18(25)21-15(3)6-5-11-23-21;1-12-4-3-9-20-18(12)15(22)7-6-14-11-25-19(21-14)13-5-8-17(24-2)16(23)10-13;1-3(2)4/h5-7,10-14H,8-9H2,1-4H3;3-5,8-11,23H,6-7H2,1-2H3;3H,1-2H3. The van der Waals surface area contributed by atoms with Crippen LogP contribution in [0.3, 0.4) is 0 Å². The summed E-state index contributed by atoms with van der Waals surface area (Å²) >= 11 is 3.27. The molecule has 1 N–H and O–H groups in total. The van der Waals surface area contributed by atoms with Gasteiger partial charge in [0.05, 0.1) is 31.7 Å². The number of rotatable bonds is 14. The summed E-state index contributed by atoms with van der Waals surface area (Å²) in [7, 11) is 3.09. The van der Waals surface area contributed by atoms with Crippen LogP contribution in [0.5, 0.6) is 23.0 Å². The van der Waals surface area contributed by atoms with Crippen molar-refractivity contribution in [3.63, 3.8) is 0 Å². The van der Waals surface area contributed by atoms with Gasteiger partial charge in [0.15, 0.2) is 34.6 Å². The van der Waals surface area contributed by atoms with Crippen molar-refractivity contribution in [1.82, 2.24) is 19.9 Å². The van der Waals surface area contributed by atoms with Crippen molar-refractivity contribution in [3.05, 3.63) is 119 Å². The van der Waals surface area contributed by atoms with Gasteiger partial charge in [0.25, 0.3) is 0 Å². The first-order valence-electron chi connectivity index (χ1n) is 18.4. The molecule has 12 nitrogen and oxygen atoms in total. The monoisotopic (exact) mass is 840 g/mol. The maximum Gasteiger partial charge on any atom is 0.226 e. The Morgan fingerprint density at radius 3 is 1.58 bits per heavy atom. The van der Waals surface area contributed by atoms with Crippen LogP contribution in [0.25, 0.3) is 22.9 Å². The van der Waals surface area contributed by atoms with Gasteiger partial charge < -0.3 is 28.2 Å². The van der Waals surface area contributed by atoms with Crippen molar-refractivity contribution < 1.29 is 37.7 Å². The molecule has 0 saturated heterocycles. The molecule has 57 heavy (non-hydrogen) atoms. The Balaban J connectivity index is 0.000000232. The van der Waals surface area contributed by atoms with Crippen molar-refractivity contribution in [1.29, 1.82) is 0 Å². The van der Waals surface area contributed by atoms with Crippen LogP contribution in [-0.2, 0) is 12.8 Å². The summed E-state index contributed by atoms with van der Waals surface area (Å²) in [4.78, 5) is 42.5. The van der Waals surface area contributed by atoms with E-state index in [1.165, 1.54) is 19.4 Å². The number of alkyl halides is 1. The number of hydrogen-bond donors (Lipinski definition) is 1. The quantitative estimate of drug-likeness (QED) is 0.0818. The Morgan fingerprint density at radius 2 is 1.16 bits per heavy atom. The zero-order chi connectivity index (χ0) is 41.5. The van der Waals surface area contributed by atoms with Crippen LogP contribution in [0.1, 0.15) is 84.0 Å². The topological polar surface area (TPSA) is 160 Å². The van der Waals surface area contributed by atoms with E-state index < -0.39 is 0 Å². The summed E-state index contributed by atoms with van der Waals surface area (Å²) in [6, 6.07) is 17.8. The fourth-order valence-electron chi connectivity index (χ4n) is 5.36. The largest absolute Gasteiger partial charge is 0.504 e. The zero-order valence-electron chi connectivity index (χ0n) is 33.5. The second kappa shape index (κ2) is 21.5. The summed E-state index contributed by atoms with van der Waals surface area (Å²) in [5.41, 5.74) is 5.56. The Kier molecular flexibility index (Phi) is 16.5. The predicted molar refractivity (Wildman–Crippen MR) is 222 cm³/mol. The first kappa shape index (κ1) is 43.9. The van der Waals surface area contributed by atoms with E-state index in [0.29, 0.717) is 82.2 Å². The first-order chi connectivity index (χ1) is 27.3. The van der Waals surface area contributed by atoms with Crippen LogP contribution >= 0.6 is 15.9 Å². The van der Waals surface area contributed by atoms with E-state index in [1.807, 2.05) is 64.1 Å². The highest BCUT2D eigenvalue weighted by Gasteiger charge is 2.16. The van der Waals surface area contributed by atoms with Gasteiger partial charge >= 0.3 is 0 Å². The fraction of sp³-hybridized carbons (Fsp3) is 0.318. The normalized spacial score (nSPS) is 10.6. The maximum atomic E-state index is 12.4. The fourth-order valence-corrected chi connectivity index (χ4v) is 5.36. The lowest BCUT2D eigenvalue weighted by Crippen LogP contribution is -2.06. The molecule has 0 aliphatic carbocycles. The maximum absolute atomic E-state index is 12.4. The Bertz CT molecular complexity index is 2230. The van der Waals surface area contributed by atoms with E-state index >= 15 is 0 Å². The highest BCUT2D eigenvalue weighted by atomic mass is 79.9. The number of carbonyl (C=O) groups excluding carboxylic acids is 2. The molecule has 4 heterocycles. The third-order valence-corrected chi connectivity index (χ3v) is 8.07. The summed E-state index contributed by atoms with van der Waals surface area (Å²) < 4.78 is 27.2. The summed E-state index contributed by atoms with van der Waals surface area (Å²) in [6.45, 7) is 11.8. The van der Waals surface area contributed by atoms with Crippen LogP contribution in [0.2, 0.25) is 0 Å². The predicted octanol–water partition coefficient (Wildman–Crippen LogP) is 10.0. The Hall–Kier alpha value is -5.82. The number of phenols is 1. The molecule has 0 saturated carbocycles. The number of pyridine rings is 2. The van der Waals surface area contributed by atoms with Crippen molar-refractivity contribution in [2.24, 2.45) is 0 Å². The lowest BCUT2D eigenvalue weighted by atomic mass is 10.1. The Morgan fingerprint density at radius 1 is 0.702 bits per heavy atom. The molecule has 0 aliphatic heterocycles. The number of ether oxygens (including phenoxy) is 3. The highest BCUT2D eigenvalue weighted by molar-refractivity contribution is 9.09. The molecule has 0 fully saturated rings. The molecule has 300 valence electrons. The van der Waals surface area contributed by atoms with Crippen molar-refractivity contribution in [3.8, 4) is 45.9 Å². The number of nitrogens with zero attached hydrogens (tertiary/aromatic N) is 4. The number of benzene rings is 2. The van der Waals surface area contributed by atoms with Crippen LogP contribution in [0.4, 0.5) is 0 Å². The van der Waals surface area contributed by atoms with Gasteiger partial charge in [-0.3, -0.25) is 19.6 Å². The lowest BCUT2D eigenvalue weighted by Gasteiger charge is -2.13. The van der Waals surface area contributed by atoms with E-state index in [1.54, 1.807) is 44.0 Å². The van der Waals surface area contributed by atoms with E-state index in [2.05, 4.69) is 49.7 Å². The molecule has 4 aromatic heterocycles.